The Bertz CT molecular complexity index is 542. The summed E-state index contributed by atoms with van der Waals surface area (Å²) in [7, 11) is 0. The van der Waals surface area contributed by atoms with Crippen molar-refractivity contribution in [3.8, 4) is 5.75 Å². The lowest BCUT2D eigenvalue weighted by Gasteiger charge is -2.06. The third kappa shape index (κ3) is 4.01. The van der Waals surface area contributed by atoms with Crippen molar-refractivity contribution in [3.63, 3.8) is 0 Å². The highest BCUT2D eigenvalue weighted by Gasteiger charge is 2.04. The van der Waals surface area contributed by atoms with E-state index in [1.165, 1.54) is 12.1 Å². The smallest absolute Gasteiger partial charge is 0.131 e. The fraction of sp³-hybridized carbons (Fsp3) is 0.357. The molecule has 1 heterocycles. The van der Waals surface area contributed by atoms with E-state index in [9.17, 15) is 4.39 Å². The number of hydrogen-bond donors (Lipinski definition) is 1. The van der Waals surface area contributed by atoms with Gasteiger partial charge < -0.3 is 10.5 Å². The lowest BCUT2D eigenvalue weighted by Crippen LogP contribution is -2.00. The van der Waals surface area contributed by atoms with Crippen LogP contribution in [0.2, 0.25) is 0 Å². The van der Waals surface area contributed by atoms with Crippen molar-refractivity contribution < 1.29 is 9.13 Å². The van der Waals surface area contributed by atoms with E-state index in [-0.39, 0.29) is 5.82 Å². The van der Waals surface area contributed by atoms with E-state index in [0.717, 1.165) is 29.1 Å². The molecule has 19 heavy (non-hydrogen) atoms. The number of thiazole rings is 1. The van der Waals surface area contributed by atoms with Crippen molar-refractivity contribution in [3.05, 3.63) is 45.7 Å². The van der Waals surface area contributed by atoms with Gasteiger partial charge in [0.2, 0.25) is 0 Å². The number of aryl methyl sites for hydroxylation is 1. The first kappa shape index (κ1) is 14.0. The third-order valence-electron chi connectivity index (χ3n) is 2.62. The van der Waals surface area contributed by atoms with Crippen molar-refractivity contribution in [2.75, 3.05) is 0 Å². The summed E-state index contributed by atoms with van der Waals surface area (Å²) in [4.78, 5) is 4.46. The molecule has 0 saturated carbocycles. The Morgan fingerprint density at radius 1 is 1.37 bits per heavy atom. The lowest BCUT2D eigenvalue weighted by molar-refractivity contribution is 0.300. The van der Waals surface area contributed by atoms with Gasteiger partial charge in [0.15, 0.2) is 0 Å². The van der Waals surface area contributed by atoms with Crippen LogP contribution in [-0.2, 0) is 19.6 Å². The Morgan fingerprint density at radius 2 is 2.21 bits per heavy atom. The summed E-state index contributed by atoms with van der Waals surface area (Å²) in [5, 5.41) is 3.09. The fourth-order valence-corrected chi connectivity index (χ4v) is 2.61. The highest BCUT2D eigenvalue weighted by atomic mass is 32.1. The van der Waals surface area contributed by atoms with Gasteiger partial charge in [-0.25, -0.2) is 9.37 Å². The summed E-state index contributed by atoms with van der Waals surface area (Å²) >= 11 is 1.63. The molecule has 0 amide bonds. The summed E-state index contributed by atoms with van der Waals surface area (Å²) in [5.41, 5.74) is 7.10. The highest BCUT2D eigenvalue weighted by Crippen LogP contribution is 2.18. The lowest BCUT2D eigenvalue weighted by atomic mass is 10.2. The van der Waals surface area contributed by atoms with Gasteiger partial charge in [0.25, 0.3) is 0 Å². The monoisotopic (exact) mass is 280 g/mol. The molecular formula is C14H17FN2OS. The number of hydrogen-bond acceptors (Lipinski definition) is 4. The SMILES string of the molecule is CCCc1nc(COc2cc(F)cc(CN)c2)cs1. The van der Waals surface area contributed by atoms with E-state index in [1.54, 1.807) is 17.4 Å². The molecule has 102 valence electrons. The molecule has 0 aliphatic carbocycles. The molecule has 1 aromatic carbocycles. The van der Waals surface area contributed by atoms with Crippen LogP contribution in [0.4, 0.5) is 4.39 Å². The molecule has 5 heteroatoms. The highest BCUT2D eigenvalue weighted by molar-refractivity contribution is 7.09. The second-order valence-corrected chi connectivity index (χ2v) is 5.21. The largest absolute Gasteiger partial charge is 0.487 e. The Balaban J connectivity index is 1.99. The molecule has 0 spiro atoms. The van der Waals surface area contributed by atoms with E-state index in [4.69, 9.17) is 10.5 Å². The van der Waals surface area contributed by atoms with Crippen molar-refractivity contribution >= 4 is 11.3 Å². The summed E-state index contributed by atoms with van der Waals surface area (Å²) in [5.74, 6) is 0.161. The summed E-state index contributed by atoms with van der Waals surface area (Å²) < 4.78 is 18.9. The minimum atomic E-state index is -0.331. The Hall–Kier alpha value is -1.46. The van der Waals surface area contributed by atoms with Crippen molar-refractivity contribution in [2.45, 2.75) is 32.9 Å². The average molecular weight is 280 g/mol. The van der Waals surface area contributed by atoms with Gasteiger partial charge in [0.05, 0.1) is 10.7 Å². The zero-order valence-electron chi connectivity index (χ0n) is 10.9. The topological polar surface area (TPSA) is 48.1 Å². The number of nitrogens with two attached hydrogens (primary N) is 1. The maximum absolute atomic E-state index is 13.3. The summed E-state index contributed by atoms with van der Waals surface area (Å²) in [6.45, 7) is 2.78. The van der Waals surface area contributed by atoms with Crippen LogP contribution in [0.3, 0.4) is 0 Å². The first-order valence-corrected chi connectivity index (χ1v) is 7.15. The van der Waals surface area contributed by atoms with Crippen LogP contribution in [0.15, 0.2) is 23.6 Å². The molecular weight excluding hydrogens is 263 g/mol. The molecule has 0 atom stereocenters. The minimum Gasteiger partial charge on any atom is -0.487 e. The number of ether oxygens (including phenoxy) is 1. The molecule has 2 rings (SSSR count). The summed E-state index contributed by atoms with van der Waals surface area (Å²) in [6, 6.07) is 4.52. The summed E-state index contributed by atoms with van der Waals surface area (Å²) in [6.07, 6.45) is 2.07. The van der Waals surface area contributed by atoms with E-state index in [2.05, 4.69) is 11.9 Å². The van der Waals surface area contributed by atoms with E-state index < -0.39 is 0 Å². The maximum atomic E-state index is 13.3. The fourth-order valence-electron chi connectivity index (χ4n) is 1.72. The van der Waals surface area contributed by atoms with Gasteiger partial charge >= 0.3 is 0 Å². The average Bonchev–Trinajstić information content (AvgIpc) is 2.84. The number of halogens is 1. The van der Waals surface area contributed by atoms with Crippen LogP contribution in [-0.4, -0.2) is 4.98 Å². The van der Waals surface area contributed by atoms with Crippen LogP contribution in [0.1, 0.15) is 29.6 Å². The maximum Gasteiger partial charge on any atom is 0.131 e. The van der Waals surface area contributed by atoms with Gasteiger partial charge in [-0.2, -0.15) is 0 Å². The van der Waals surface area contributed by atoms with Gasteiger partial charge in [-0.1, -0.05) is 6.92 Å². The van der Waals surface area contributed by atoms with E-state index in [0.29, 0.717) is 18.9 Å². The Labute approximate surface area is 116 Å². The van der Waals surface area contributed by atoms with Crippen LogP contribution < -0.4 is 10.5 Å². The number of aromatic nitrogens is 1. The van der Waals surface area contributed by atoms with Gasteiger partial charge in [0.1, 0.15) is 18.2 Å². The molecule has 0 unspecified atom stereocenters. The molecule has 0 bridgehead atoms. The predicted molar refractivity (Wildman–Crippen MR) is 74.7 cm³/mol. The molecule has 2 aromatic rings. The number of rotatable bonds is 6. The number of benzene rings is 1. The van der Waals surface area contributed by atoms with Gasteiger partial charge in [0, 0.05) is 18.0 Å². The third-order valence-corrected chi connectivity index (χ3v) is 3.57. The van der Waals surface area contributed by atoms with Crippen molar-refractivity contribution in [2.24, 2.45) is 5.73 Å². The van der Waals surface area contributed by atoms with Crippen LogP contribution in [0.5, 0.6) is 5.75 Å². The molecule has 0 saturated heterocycles. The molecule has 0 aliphatic rings. The first-order chi connectivity index (χ1) is 9.21. The number of nitrogens with zero attached hydrogens (tertiary/aromatic N) is 1. The van der Waals surface area contributed by atoms with Crippen molar-refractivity contribution in [1.82, 2.24) is 4.98 Å². The zero-order chi connectivity index (χ0) is 13.7. The zero-order valence-corrected chi connectivity index (χ0v) is 11.7. The van der Waals surface area contributed by atoms with Crippen LogP contribution in [0, 0.1) is 5.82 Å². The standard InChI is InChI=1S/C14H17FN2OS/c1-2-3-14-17-12(9-19-14)8-18-13-5-10(7-16)4-11(15)6-13/h4-6,9H,2-3,7-8,16H2,1H3. The second kappa shape index (κ2) is 6.63. The normalized spacial score (nSPS) is 10.7. The van der Waals surface area contributed by atoms with Crippen LogP contribution >= 0.6 is 11.3 Å². The molecule has 2 N–H and O–H groups in total. The molecule has 3 nitrogen and oxygen atoms in total. The van der Waals surface area contributed by atoms with Gasteiger partial charge in [-0.3, -0.25) is 0 Å². The first-order valence-electron chi connectivity index (χ1n) is 6.27. The predicted octanol–water partition coefficient (Wildman–Crippen LogP) is 3.27. The second-order valence-electron chi connectivity index (χ2n) is 4.27. The van der Waals surface area contributed by atoms with Gasteiger partial charge in [-0.05, 0) is 30.5 Å². The van der Waals surface area contributed by atoms with E-state index >= 15 is 0 Å². The quantitative estimate of drug-likeness (QED) is 0.883. The molecule has 1 aromatic heterocycles. The molecule has 0 fully saturated rings. The Kier molecular flexibility index (Phi) is 4.87. The minimum absolute atomic E-state index is 0.297. The Morgan fingerprint density at radius 3 is 2.95 bits per heavy atom. The molecule has 0 radical (unpaired) electrons. The van der Waals surface area contributed by atoms with Crippen molar-refractivity contribution in [1.29, 1.82) is 0 Å². The van der Waals surface area contributed by atoms with Crippen LogP contribution in [0.25, 0.3) is 0 Å². The van der Waals surface area contributed by atoms with Gasteiger partial charge in [-0.15, -0.1) is 11.3 Å². The van der Waals surface area contributed by atoms with E-state index in [1.807, 2.05) is 5.38 Å². The molecule has 0 aliphatic heterocycles.